The van der Waals surface area contributed by atoms with Crippen molar-refractivity contribution in [2.75, 3.05) is 6.54 Å². The SMILES string of the molecule is Brc1c[nH]c(-c2nnc3n2CCNC3)c1. The van der Waals surface area contributed by atoms with E-state index in [-0.39, 0.29) is 0 Å². The Kier molecular flexibility index (Phi) is 2.10. The van der Waals surface area contributed by atoms with E-state index in [1.54, 1.807) is 0 Å². The zero-order chi connectivity index (χ0) is 10.3. The minimum atomic E-state index is 0.800. The molecule has 0 aromatic carbocycles. The normalized spacial score (nSPS) is 15.3. The van der Waals surface area contributed by atoms with Crippen LogP contribution in [0.15, 0.2) is 16.7 Å². The number of hydrogen-bond donors (Lipinski definition) is 2. The highest BCUT2D eigenvalue weighted by Gasteiger charge is 2.17. The van der Waals surface area contributed by atoms with Crippen LogP contribution in [0.5, 0.6) is 0 Å². The van der Waals surface area contributed by atoms with Gasteiger partial charge >= 0.3 is 0 Å². The summed E-state index contributed by atoms with van der Waals surface area (Å²) in [5.74, 6) is 1.92. The highest BCUT2D eigenvalue weighted by Crippen LogP contribution is 2.21. The van der Waals surface area contributed by atoms with E-state index in [9.17, 15) is 0 Å². The van der Waals surface area contributed by atoms with Crippen molar-refractivity contribution in [2.24, 2.45) is 0 Å². The number of rotatable bonds is 1. The second-order valence-electron chi connectivity index (χ2n) is 3.50. The van der Waals surface area contributed by atoms with Crippen LogP contribution in [0.1, 0.15) is 5.82 Å². The number of fused-ring (bicyclic) bond motifs is 1. The average molecular weight is 268 g/mol. The average Bonchev–Trinajstić information content (AvgIpc) is 2.83. The topological polar surface area (TPSA) is 58.5 Å². The molecular formula is C9H10BrN5. The zero-order valence-electron chi connectivity index (χ0n) is 8.00. The van der Waals surface area contributed by atoms with Gasteiger partial charge in [-0.2, -0.15) is 0 Å². The lowest BCUT2D eigenvalue weighted by molar-refractivity contribution is 0.508. The van der Waals surface area contributed by atoms with E-state index in [4.69, 9.17) is 0 Å². The number of nitrogens with one attached hydrogen (secondary N) is 2. The van der Waals surface area contributed by atoms with Crippen molar-refractivity contribution >= 4 is 15.9 Å². The van der Waals surface area contributed by atoms with Gasteiger partial charge in [-0.15, -0.1) is 10.2 Å². The molecule has 2 N–H and O–H groups in total. The lowest BCUT2D eigenvalue weighted by Crippen LogP contribution is -2.28. The molecular weight excluding hydrogens is 258 g/mol. The van der Waals surface area contributed by atoms with Crippen molar-refractivity contribution in [3.05, 3.63) is 22.6 Å². The number of nitrogens with zero attached hydrogens (tertiary/aromatic N) is 3. The van der Waals surface area contributed by atoms with Gasteiger partial charge in [0.25, 0.3) is 0 Å². The van der Waals surface area contributed by atoms with Gasteiger partial charge in [0.15, 0.2) is 5.82 Å². The minimum absolute atomic E-state index is 0.800. The molecule has 2 aromatic heterocycles. The third kappa shape index (κ3) is 1.49. The van der Waals surface area contributed by atoms with Gasteiger partial charge in [-0.25, -0.2) is 0 Å². The van der Waals surface area contributed by atoms with Crippen LogP contribution in [0.2, 0.25) is 0 Å². The van der Waals surface area contributed by atoms with Gasteiger partial charge < -0.3 is 14.9 Å². The molecule has 1 aliphatic rings. The molecule has 15 heavy (non-hydrogen) atoms. The molecule has 0 unspecified atom stereocenters. The third-order valence-electron chi connectivity index (χ3n) is 2.51. The van der Waals surface area contributed by atoms with Crippen LogP contribution >= 0.6 is 15.9 Å². The van der Waals surface area contributed by atoms with E-state index in [0.717, 1.165) is 41.4 Å². The molecule has 2 aromatic rings. The van der Waals surface area contributed by atoms with Crippen molar-refractivity contribution in [1.82, 2.24) is 25.1 Å². The molecule has 0 radical (unpaired) electrons. The summed E-state index contributed by atoms with van der Waals surface area (Å²) in [4.78, 5) is 3.17. The summed E-state index contributed by atoms with van der Waals surface area (Å²) in [5.41, 5.74) is 1.00. The third-order valence-corrected chi connectivity index (χ3v) is 2.97. The molecule has 5 nitrogen and oxygen atoms in total. The van der Waals surface area contributed by atoms with Crippen LogP contribution in [-0.4, -0.2) is 26.3 Å². The highest BCUT2D eigenvalue weighted by atomic mass is 79.9. The zero-order valence-corrected chi connectivity index (χ0v) is 9.58. The largest absolute Gasteiger partial charge is 0.358 e. The van der Waals surface area contributed by atoms with Gasteiger partial charge in [0.1, 0.15) is 5.82 Å². The quantitative estimate of drug-likeness (QED) is 0.815. The summed E-state index contributed by atoms with van der Waals surface area (Å²) in [6.07, 6.45) is 1.90. The van der Waals surface area contributed by atoms with Gasteiger partial charge in [0.2, 0.25) is 0 Å². The molecule has 0 spiro atoms. The van der Waals surface area contributed by atoms with Crippen LogP contribution < -0.4 is 5.32 Å². The summed E-state index contributed by atoms with van der Waals surface area (Å²) in [7, 11) is 0. The standard InChI is InChI=1S/C9H10BrN5/c10-6-3-7(12-4-6)9-14-13-8-5-11-1-2-15(8)9/h3-4,11-12H,1-2,5H2. The number of aromatic nitrogens is 4. The Morgan fingerprint density at radius 3 is 3.13 bits per heavy atom. The lowest BCUT2D eigenvalue weighted by Gasteiger charge is -2.15. The first-order valence-corrected chi connectivity index (χ1v) is 5.61. The molecule has 0 saturated carbocycles. The Labute approximate surface area is 95.0 Å². The monoisotopic (exact) mass is 267 g/mol. The van der Waals surface area contributed by atoms with Crippen LogP contribution in [0, 0.1) is 0 Å². The summed E-state index contributed by atoms with van der Waals surface area (Å²) in [6.45, 7) is 2.70. The smallest absolute Gasteiger partial charge is 0.180 e. The fourth-order valence-corrected chi connectivity index (χ4v) is 2.13. The molecule has 0 saturated heterocycles. The van der Waals surface area contributed by atoms with Crippen LogP contribution in [-0.2, 0) is 13.1 Å². The molecule has 0 atom stereocenters. The Morgan fingerprint density at radius 1 is 1.40 bits per heavy atom. The number of H-pyrrole nitrogens is 1. The second-order valence-corrected chi connectivity index (χ2v) is 4.42. The van der Waals surface area contributed by atoms with Gasteiger partial charge in [0, 0.05) is 23.8 Å². The van der Waals surface area contributed by atoms with Gasteiger partial charge in [-0.05, 0) is 22.0 Å². The molecule has 78 valence electrons. The first-order valence-electron chi connectivity index (χ1n) is 4.81. The Hall–Kier alpha value is -1.14. The fourth-order valence-electron chi connectivity index (χ4n) is 1.79. The maximum absolute atomic E-state index is 4.20. The predicted molar refractivity (Wildman–Crippen MR) is 59.2 cm³/mol. The van der Waals surface area contributed by atoms with E-state index in [2.05, 4.69) is 41.0 Å². The molecule has 3 heterocycles. The van der Waals surface area contributed by atoms with Crippen molar-refractivity contribution in [1.29, 1.82) is 0 Å². The first-order chi connectivity index (χ1) is 7.34. The van der Waals surface area contributed by atoms with E-state index in [0.29, 0.717) is 0 Å². The van der Waals surface area contributed by atoms with E-state index >= 15 is 0 Å². The molecule has 0 bridgehead atoms. The van der Waals surface area contributed by atoms with Crippen molar-refractivity contribution in [3.8, 4) is 11.5 Å². The van der Waals surface area contributed by atoms with Crippen LogP contribution in [0.4, 0.5) is 0 Å². The predicted octanol–water partition coefficient (Wildman–Crippen LogP) is 1.14. The van der Waals surface area contributed by atoms with E-state index in [1.807, 2.05) is 12.3 Å². The number of hydrogen-bond acceptors (Lipinski definition) is 3. The molecule has 6 heteroatoms. The molecule has 0 amide bonds. The molecule has 0 aliphatic carbocycles. The van der Waals surface area contributed by atoms with Crippen molar-refractivity contribution in [2.45, 2.75) is 13.1 Å². The molecule has 1 aliphatic heterocycles. The lowest BCUT2D eigenvalue weighted by atomic mass is 10.3. The Bertz CT molecular complexity index is 486. The summed E-state index contributed by atoms with van der Waals surface area (Å²) in [6, 6.07) is 2.01. The minimum Gasteiger partial charge on any atom is -0.358 e. The molecule has 3 rings (SSSR count). The van der Waals surface area contributed by atoms with Gasteiger partial charge in [-0.1, -0.05) is 0 Å². The first kappa shape index (κ1) is 9.11. The number of aromatic amines is 1. The number of halogens is 1. The maximum Gasteiger partial charge on any atom is 0.180 e. The van der Waals surface area contributed by atoms with E-state index < -0.39 is 0 Å². The van der Waals surface area contributed by atoms with Gasteiger partial charge in [-0.3, -0.25) is 0 Å². The maximum atomic E-state index is 4.20. The summed E-state index contributed by atoms with van der Waals surface area (Å²) in [5, 5.41) is 11.6. The van der Waals surface area contributed by atoms with Crippen LogP contribution in [0.25, 0.3) is 11.5 Å². The van der Waals surface area contributed by atoms with E-state index in [1.165, 1.54) is 0 Å². The van der Waals surface area contributed by atoms with Gasteiger partial charge in [0.05, 0.1) is 12.2 Å². The van der Waals surface area contributed by atoms with Crippen LogP contribution in [0.3, 0.4) is 0 Å². The van der Waals surface area contributed by atoms with Crippen molar-refractivity contribution in [3.63, 3.8) is 0 Å². The fraction of sp³-hybridized carbons (Fsp3) is 0.333. The Morgan fingerprint density at radius 2 is 2.33 bits per heavy atom. The highest BCUT2D eigenvalue weighted by molar-refractivity contribution is 9.10. The molecule has 0 fully saturated rings. The second kappa shape index (κ2) is 3.46. The van der Waals surface area contributed by atoms with Crippen molar-refractivity contribution < 1.29 is 0 Å². The Balaban J connectivity index is 2.08. The summed E-state index contributed by atoms with van der Waals surface area (Å²) >= 11 is 3.41. The summed E-state index contributed by atoms with van der Waals surface area (Å²) < 4.78 is 3.18.